The van der Waals surface area contributed by atoms with E-state index in [1.807, 2.05) is 11.9 Å². The summed E-state index contributed by atoms with van der Waals surface area (Å²) in [7, 11) is 1.94. The van der Waals surface area contributed by atoms with Gasteiger partial charge in [-0.25, -0.2) is 0 Å². The summed E-state index contributed by atoms with van der Waals surface area (Å²) in [6, 6.07) is 0.630. The molecule has 0 unspecified atom stereocenters. The Morgan fingerprint density at radius 1 is 1.18 bits per heavy atom. The minimum atomic E-state index is 0.257. The van der Waals surface area contributed by atoms with Gasteiger partial charge < -0.3 is 10.2 Å². The van der Waals surface area contributed by atoms with Gasteiger partial charge in [-0.1, -0.05) is 32.1 Å². The van der Waals surface area contributed by atoms with E-state index in [2.05, 4.69) is 5.32 Å². The first-order valence-electron chi connectivity index (χ1n) is 7.23. The van der Waals surface area contributed by atoms with E-state index < -0.39 is 0 Å². The first-order chi connectivity index (χ1) is 8.25. The van der Waals surface area contributed by atoms with Crippen LogP contribution in [0.2, 0.25) is 0 Å². The molecule has 2 fully saturated rings. The van der Waals surface area contributed by atoms with Crippen molar-refractivity contribution in [2.45, 2.75) is 57.4 Å². The van der Waals surface area contributed by atoms with Crippen molar-refractivity contribution < 1.29 is 4.79 Å². The average molecular weight is 238 g/mol. The molecule has 0 spiro atoms. The molecule has 3 nitrogen and oxygen atoms in total. The van der Waals surface area contributed by atoms with Crippen LogP contribution in [0.3, 0.4) is 0 Å². The predicted octanol–water partition coefficient (Wildman–Crippen LogP) is 2.17. The van der Waals surface area contributed by atoms with Gasteiger partial charge >= 0.3 is 0 Å². The highest BCUT2D eigenvalue weighted by Crippen LogP contribution is 2.26. The minimum Gasteiger partial charge on any atom is -0.345 e. The quantitative estimate of drug-likeness (QED) is 0.769. The molecule has 0 bridgehead atoms. The summed E-state index contributed by atoms with van der Waals surface area (Å²) in [5, 5.41) is 3.28. The smallest absolute Gasteiger partial charge is 0.236 e. The number of hydrogen-bond acceptors (Lipinski definition) is 2. The second kappa shape index (κ2) is 6.39. The fourth-order valence-electron chi connectivity index (χ4n) is 2.63. The molecule has 3 heteroatoms. The fourth-order valence-corrected chi connectivity index (χ4v) is 2.63. The van der Waals surface area contributed by atoms with Crippen LogP contribution in [0.5, 0.6) is 0 Å². The van der Waals surface area contributed by atoms with Crippen molar-refractivity contribution in [1.29, 1.82) is 0 Å². The number of nitrogens with one attached hydrogen (secondary N) is 1. The van der Waals surface area contributed by atoms with Gasteiger partial charge in [-0.15, -0.1) is 0 Å². The molecular weight excluding hydrogens is 212 g/mol. The van der Waals surface area contributed by atoms with Crippen LogP contribution in [0, 0.1) is 5.92 Å². The predicted molar refractivity (Wildman–Crippen MR) is 69.9 cm³/mol. The van der Waals surface area contributed by atoms with Crippen molar-refractivity contribution in [1.82, 2.24) is 10.2 Å². The maximum atomic E-state index is 11.8. The number of amides is 1. The van der Waals surface area contributed by atoms with Crippen LogP contribution in [-0.2, 0) is 4.79 Å². The molecule has 0 atom stereocenters. The molecule has 1 N–H and O–H groups in total. The molecule has 0 heterocycles. The summed E-state index contributed by atoms with van der Waals surface area (Å²) < 4.78 is 0. The molecule has 0 aromatic carbocycles. The van der Waals surface area contributed by atoms with E-state index in [4.69, 9.17) is 0 Å². The Balaban J connectivity index is 1.57. The van der Waals surface area contributed by atoms with E-state index in [9.17, 15) is 4.79 Å². The molecule has 0 aromatic rings. The van der Waals surface area contributed by atoms with Crippen LogP contribution >= 0.6 is 0 Å². The zero-order valence-electron chi connectivity index (χ0n) is 11.1. The lowest BCUT2D eigenvalue weighted by molar-refractivity contribution is -0.129. The largest absolute Gasteiger partial charge is 0.345 e. The van der Waals surface area contributed by atoms with E-state index in [-0.39, 0.29) is 5.91 Å². The summed E-state index contributed by atoms with van der Waals surface area (Å²) in [6.45, 7) is 1.47. The third-order valence-electron chi connectivity index (χ3n) is 4.14. The highest BCUT2D eigenvalue weighted by atomic mass is 16.2. The lowest BCUT2D eigenvalue weighted by atomic mass is 9.87. The number of nitrogens with zero attached hydrogens (tertiary/aromatic N) is 1. The maximum Gasteiger partial charge on any atom is 0.236 e. The third-order valence-corrected chi connectivity index (χ3v) is 4.14. The topological polar surface area (TPSA) is 32.3 Å². The molecular formula is C14H26N2O. The van der Waals surface area contributed by atoms with Gasteiger partial charge in [-0.05, 0) is 25.2 Å². The van der Waals surface area contributed by atoms with Crippen LogP contribution in [0.4, 0.5) is 0 Å². The van der Waals surface area contributed by atoms with Crippen molar-refractivity contribution in [3.05, 3.63) is 0 Å². The van der Waals surface area contributed by atoms with Gasteiger partial charge in [0.25, 0.3) is 0 Å². The van der Waals surface area contributed by atoms with Gasteiger partial charge in [0.2, 0.25) is 5.91 Å². The van der Waals surface area contributed by atoms with Crippen LogP contribution < -0.4 is 5.32 Å². The van der Waals surface area contributed by atoms with Gasteiger partial charge in [-0.2, -0.15) is 0 Å². The van der Waals surface area contributed by atoms with Gasteiger partial charge in [-0.3, -0.25) is 4.79 Å². The Morgan fingerprint density at radius 3 is 2.53 bits per heavy atom. The zero-order chi connectivity index (χ0) is 12.1. The first kappa shape index (κ1) is 12.9. The van der Waals surface area contributed by atoms with Crippen molar-refractivity contribution >= 4 is 5.91 Å². The number of carbonyl (C=O) groups is 1. The second-order valence-electron chi connectivity index (χ2n) is 5.76. The van der Waals surface area contributed by atoms with Crippen LogP contribution in [0.15, 0.2) is 0 Å². The lowest BCUT2D eigenvalue weighted by Crippen LogP contribution is -2.37. The van der Waals surface area contributed by atoms with Crippen molar-refractivity contribution in [2.24, 2.45) is 5.92 Å². The Morgan fingerprint density at radius 2 is 1.88 bits per heavy atom. The lowest BCUT2D eigenvalue weighted by Gasteiger charge is -2.24. The molecule has 1 amide bonds. The summed E-state index contributed by atoms with van der Waals surface area (Å²) in [4.78, 5) is 13.7. The average Bonchev–Trinajstić information content (AvgIpc) is 3.18. The number of rotatable bonds is 6. The Labute approximate surface area is 105 Å². The Bertz CT molecular complexity index is 245. The standard InChI is InChI=1S/C14H26N2O/c1-16(14(17)11-15-13-7-8-13)10-9-12-5-3-2-4-6-12/h12-13,15H,2-11H2,1H3. The fraction of sp³-hybridized carbons (Fsp3) is 0.929. The summed E-state index contributed by atoms with van der Waals surface area (Å²) in [5.41, 5.74) is 0. The van der Waals surface area contributed by atoms with Crippen LogP contribution in [0.25, 0.3) is 0 Å². The van der Waals surface area contributed by atoms with Gasteiger partial charge in [0.1, 0.15) is 0 Å². The molecule has 98 valence electrons. The first-order valence-corrected chi connectivity index (χ1v) is 7.23. The Hall–Kier alpha value is -0.570. The molecule has 2 saturated carbocycles. The number of carbonyl (C=O) groups excluding carboxylic acids is 1. The van der Waals surface area contributed by atoms with E-state index in [0.717, 1.165) is 12.5 Å². The van der Waals surface area contributed by atoms with Gasteiger partial charge in [0.05, 0.1) is 6.54 Å². The van der Waals surface area contributed by atoms with Crippen molar-refractivity contribution in [3.8, 4) is 0 Å². The SMILES string of the molecule is CN(CCC1CCCCC1)C(=O)CNC1CC1. The summed E-state index contributed by atoms with van der Waals surface area (Å²) in [6.07, 6.45) is 10.7. The zero-order valence-corrected chi connectivity index (χ0v) is 11.1. The molecule has 2 aliphatic carbocycles. The second-order valence-corrected chi connectivity index (χ2v) is 5.76. The molecule has 0 radical (unpaired) electrons. The normalized spacial score (nSPS) is 21.5. The highest BCUT2D eigenvalue weighted by molar-refractivity contribution is 5.78. The van der Waals surface area contributed by atoms with Crippen molar-refractivity contribution in [3.63, 3.8) is 0 Å². The molecule has 2 rings (SSSR count). The van der Waals surface area contributed by atoms with Crippen LogP contribution in [-0.4, -0.2) is 37.0 Å². The number of hydrogen-bond donors (Lipinski definition) is 1. The summed E-state index contributed by atoms with van der Waals surface area (Å²) in [5.74, 6) is 1.13. The van der Waals surface area contributed by atoms with Gasteiger partial charge in [0, 0.05) is 19.6 Å². The van der Waals surface area contributed by atoms with E-state index in [0.29, 0.717) is 12.6 Å². The highest BCUT2D eigenvalue weighted by Gasteiger charge is 2.22. The maximum absolute atomic E-state index is 11.8. The van der Waals surface area contributed by atoms with E-state index in [1.165, 1.54) is 51.4 Å². The monoisotopic (exact) mass is 238 g/mol. The molecule has 0 aliphatic heterocycles. The minimum absolute atomic E-state index is 0.257. The molecule has 2 aliphatic rings. The number of likely N-dealkylation sites (N-methyl/N-ethyl adjacent to an activating group) is 1. The van der Waals surface area contributed by atoms with Gasteiger partial charge in [0.15, 0.2) is 0 Å². The van der Waals surface area contributed by atoms with E-state index in [1.54, 1.807) is 0 Å². The molecule has 0 saturated heterocycles. The van der Waals surface area contributed by atoms with Crippen LogP contribution in [0.1, 0.15) is 51.4 Å². The third kappa shape index (κ3) is 4.66. The molecule has 17 heavy (non-hydrogen) atoms. The van der Waals surface area contributed by atoms with Crippen molar-refractivity contribution in [2.75, 3.05) is 20.1 Å². The van der Waals surface area contributed by atoms with E-state index >= 15 is 0 Å². The Kier molecular flexibility index (Phi) is 4.84. The molecule has 0 aromatic heterocycles. The summed E-state index contributed by atoms with van der Waals surface area (Å²) >= 11 is 0.